The molecule has 0 nitrogen and oxygen atoms in total. The zero-order chi connectivity index (χ0) is 14.5. The van der Waals surface area contributed by atoms with Gasteiger partial charge in [-0.3, -0.25) is 0 Å². The molecule has 0 bridgehead atoms. The molecule has 104 valence electrons. The van der Waals surface area contributed by atoms with Gasteiger partial charge < -0.3 is 0 Å². The number of hydrogen-bond donors (Lipinski definition) is 0. The molecule has 0 radical (unpaired) electrons. The molecule has 0 fully saturated rings. The topological polar surface area (TPSA) is 0 Å². The van der Waals surface area contributed by atoms with Gasteiger partial charge in [-0.1, -0.05) is 72.8 Å². The molecule has 0 saturated heterocycles. The van der Waals surface area contributed by atoms with Gasteiger partial charge in [-0.05, 0) is 57.0 Å². The summed E-state index contributed by atoms with van der Waals surface area (Å²) in [7, 11) is 0. The van der Waals surface area contributed by atoms with Gasteiger partial charge in [0, 0.05) is 0 Å². The summed E-state index contributed by atoms with van der Waals surface area (Å²) in [5.74, 6) is 0. The molecule has 5 rings (SSSR count). The number of rotatable bonds is 0. The molecule has 3 aromatic rings. The number of allylic oxidation sites excluding steroid dienone is 3. The molecular formula is C22H16. The molecule has 0 aromatic heterocycles. The van der Waals surface area contributed by atoms with Crippen molar-refractivity contribution in [3.05, 3.63) is 89.0 Å². The van der Waals surface area contributed by atoms with Crippen LogP contribution in [0.4, 0.5) is 0 Å². The number of fused-ring (bicyclic) bond motifs is 7. The van der Waals surface area contributed by atoms with Gasteiger partial charge in [-0.2, -0.15) is 0 Å². The Morgan fingerprint density at radius 2 is 1.50 bits per heavy atom. The summed E-state index contributed by atoms with van der Waals surface area (Å²) in [6.07, 6.45) is 10.9. The van der Waals surface area contributed by atoms with Gasteiger partial charge in [0.15, 0.2) is 0 Å². The SMILES string of the molecule is C1=CCc2ccc3c(c2C=C1)-c1c(ccc2ccccc12)C3. The maximum absolute atomic E-state index is 2.33. The molecule has 0 heterocycles. The number of benzene rings is 3. The summed E-state index contributed by atoms with van der Waals surface area (Å²) in [6.45, 7) is 0. The quantitative estimate of drug-likeness (QED) is 0.397. The van der Waals surface area contributed by atoms with Crippen LogP contribution in [0.2, 0.25) is 0 Å². The molecule has 0 amide bonds. The summed E-state index contributed by atoms with van der Waals surface area (Å²) < 4.78 is 0. The van der Waals surface area contributed by atoms with Crippen LogP contribution in [0.3, 0.4) is 0 Å². The smallest absolute Gasteiger partial charge is 0.00130 e. The maximum atomic E-state index is 2.33. The zero-order valence-electron chi connectivity index (χ0n) is 12.3. The fourth-order valence-electron chi connectivity index (χ4n) is 3.91. The lowest BCUT2D eigenvalue weighted by Crippen LogP contribution is -1.92. The van der Waals surface area contributed by atoms with E-state index in [4.69, 9.17) is 0 Å². The Hall–Kier alpha value is -2.60. The van der Waals surface area contributed by atoms with E-state index < -0.39 is 0 Å². The highest BCUT2D eigenvalue weighted by molar-refractivity contribution is 6.03. The highest BCUT2D eigenvalue weighted by atomic mass is 14.3. The maximum Gasteiger partial charge on any atom is -0.00130 e. The van der Waals surface area contributed by atoms with Crippen LogP contribution in [0, 0.1) is 0 Å². The van der Waals surface area contributed by atoms with Crippen LogP contribution in [0.15, 0.2) is 66.8 Å². The van der Waals surface area contributed by atoms with Crippen molar-refractivity contribution in [1.29, 1.82) is 0 Å². The van der Waals surface area contributed by atoms with Gasteiger partial charge in [0.1, 0.15) is 0 Å². The minimum Gasteiger partial charge on any atom is -0.0801 e. The molecule has 3 aromatic carbocycles. The third kappa shape index (κ3) is 1.58. The average Bonchev–Trinajstić information content (AvgIpc) is 2.78. The minimum atomic E-state index is 1.02. The predicted molar refractivity (Wildman–Crippen MR) is 94.1 cm³/mol. The Balaban J connectivity index is 1.91. The summed E-state index contributed by atoms with van der Waals surface area (Å²) >= 11 is 0. The molecule has 0 unspecified atom stereocenters. The largest absolute Gasteiger partial charge is 0.0801 e. The van der Waals surface area contributed by atoms with Crippen LogP contribution >= 0.6 is 0 Å². The molecule has 0 spiro atoms. The molecule has 0 N–H and O–H groups in total. The van der Waals surface area contributed by atoms with Gasteiger partial charge in [-0.15, -0.1) is 0 Å². The summed E-state index contributed by atoms with van der Waals surface area (Å²) in [6, 6.07) is 18.0. The Morgan fingerprint density at radius 1 is 0.682 bits per heavy atom. The van der Waals surface area contributed by atoms with E-state index in [0.717, 1.165) is 12.8 Å². The lowest BCUT2D eigenvalue weighted by molar-refractivity contribution is 1.22. The summed E-state index contributed by atoms with van der Waals surface area (Å²) in [4.78, 5) is 0. The van der Waals surface area contributed by atoms with Crippen LogP contribution < -0.4 is 0 Å². The molecular weight excluding hydrogens is 264 g/mol. The van der Waals surface area contributed by atoms with E-state index in [1.165, 1.54) is 44.2 Å². The standard InChI is InChI=1S/C22H16/c1-2-6-15-10-12-17-14-18-13-11-16-7-4-5-9-20(16)22(18)21(17)19(15)8-3-1/h1-5,7-13H,6,14H2. The van der Waals surface area contributed by atoms with Gasteiger partial charge in [0.05, 0.1) is 0 Å². The summed E-state index contributed by atoms with van der Waals surface area (Å²) in [5.41, 5.74) is 8.70. The molecule has 2 aliphatic rings. The third-order valence-corrected chi connectivity index (χ3v) is 4.92. The van der Waals surface area contributed by atoms with Gasteiger partial charge in [0.25, 0.3) is 0 Å². The van der Waals surface area contributed by atoms with E-state index in [1.54, 1.807) is 0 Å². The van der Waals surface area contributed by atoms with Crippen molar-refractivity contribution in [2.75, 3.05) is 0 Å². The van der Waals surface area contributed by atoms with E-state index in [2.05, 4.69) is 72.8 Å². The third-order valence-electron chi connectivity index (χ3n) is 4.92. The minimum absolute atomic E-state index is 1.02. The highest BCUT2D eigenvalue weighted by Crippen LogP contribution is 2.44. The van der Waals surface area contributed by atoms with E-state index >= 15 is 0 Å². The lowest BCUT2D eigenvalue weighted by atomic mass is 9.91. The van der Waals surface area contributed by atoms with Crippen molar-refractivity contribution in [2.45, 2.75) is 12.8 Å². The fourth-order valence-corrected chi connectivity index (χ4v) is 3.91. The van der Waals surface area contributed by atoms with Crippen LogP contribution in [-0.4, -0.2) is 0 Å². The first-order chi connectivity index (χ1) is 10.9. The van der Waals surface area contributed by atoms with Crippen LogP contribution in [0.1, 0.15) is 22.3 Å². The molecule has 0 saturated carbocycles. The number of hydrogen-bond acceptors (Lipinski definition) is 0. The van der Waals surface area contributed by atoms with E-state index in [-0.39, 0.29) is 0 Å². The van der Waals surface area contributed by atoms with Crippen LogP contribution in [0.25, 0.3) is 28.0 Å². The molecule has 22 heavy (non-hydrogen) atoms. The summed E-state index contributed by atoms with van der Waals surface area (Å²) in [5, 5.41) is 2.72. The Labute approximate surface area is 130 Å². The van der Waals surface area contributed by atoms with Crippen molar-refractivity contribution in [2.24, 2.45) is 0 Å². The van der Waals surface area contributed by atoms with Crippen molar-refractivity contribution in [3.63, 3.8) is 0 Å². The van der Waals surface area contributed by atoms with Crippen LogP contribution in [0.5, 0.6) is 0 Å². The zero-order valence-corrected chi connectivity index (χ0v) is 12.3. The molecule has 0 heteroatoms. The van der Waals surface area contributed by atoms with Crippen LogP contribution in [-0.2, 0) is 12.8 Å². The second-order valence-electron chi connectivity index (χ2n) is 6.16. The van der Waals surface area contributed by atoms with E-state index in [0.29, 0.717) is 0 Å². The monoisotopic (exact) mass is 280 g/mol. The van der Waals surface area contributed by atoms with Gasteiger partial charge >= 0.3 is 0 Å². The van der Waals surface area contributed by atoms with Crippen molar-refractivity contribution < 1.29 is 0 Å². The van der Waals surface area contributed by atoms with Crippen molar-refractivity contribution in [1.82, 2.24) is 0 Å². The first-order valence-electron chi connectivity index (χ1n) is 7.91. The Kier molecular flexibility index (Phi) is 2.42. The van der Waals surface area contributed by atoms with Crippen molar-refractivity contribution >= 4 is 16.8 Å². The van der Waals surface area contributed by atoms with Crippen molar-refractivity contribution in [3.8, 4) is 11.1 Å². The Bertz CT molecular complexity index is 971. The van der Waals surface area contributed by atoms with E-state index in [1.807, 2.05) is 0 Å². The second-order valence-corrected chi connectivity index (χ2v) is 6.16. The fraction of sp³-hybridized carbons (Fsp3) is 0.0909. The molecule has 2 aliphatic carbocycles. The first kappa shape index (κ1) is 12.0. The molecule has 0 aliphatic heterocycles. The predicted octanol–water partition coefficient (Wildman–Crippen LogP) is 5.54. The lowest BCUT2D eigenvalue weighted by Gasteiger charge is -2.12. The van der Waals surface area contributed by atoms with E-state index in [9.17, 15) is 0 Å². The van der Waals surface area contributed by atoms with Gasteiger partial charge in [-0.25, -0.2) is 0 Å². The Morgan fingerprint density at radius 3 is 2.50 bits per heavy atom. The average molecular weight is 280 g/mol. The first-order valence-corrected chi connectivity index (χ1v) is 7.91. The second kappa shape index (κ2) is 4.45. The van der Waals surface area contributed by atoms with Gasteiger partial charge in [0.2, 0.25) is 0 Å². The normalized spacial score (nSPS) is 14.5. The molecule has 0 atom stereocenters. The highest BCUT2D eigenvalue weighted by Gasteiger charge is 2.24.